The van der Waals surface area contributed by atoms with Crippen LogP contribution in [-0.2, 0) is 9.53 Å². The van der Waals surface area contributed by atoms with Crippen molar-refractivity contribution in [1.29, 1.82) is 0 Å². The molecule has 0 aromatic carbocycles. The average Bonchev–Trinajstić information content (AvgIpc) is 2.30. The second kappa shape index (κ2) is 11.3. The Bertz CT molecular complexity index is 225. The molecule has 0 aromatic heterocycles. The van der Waals surface area contributed by atoms with Crippen LogP contribution in [-0.4, -0.2) is 30.6 Å². The minimum absolute atomic E-state index is 0.0330. The number of amides is 1. The van der Waals surface area contributed by atoms with E-state index in [0.29, 0.717) is 13.2 Å². The van der Waals surface area contributed by atoms with Crippen LogP contribution in [0.4, 0.5) is 0 Å². The molecule has 0 radical (unpaired) electrons. The molecule has 0 spiro atoms. The second-order valence-corrected chi connectivity index (χ2v) is 4.79. The Morgan fingerprint density at radius 2 is 1.67 bits per heavy atom. The lowest BCUT2D eigenvalue weighted by Crippen LogP contribution is -2.30. The third-order valence-electron chi connectivity index (χ3n) is 2.94. The Hall–Kier alpha value is -0.830. The number of rotatable bonds is 11. The summed E-state index contributed by atoms with van der Waals surface area (Å²) in [4.78, 5) is 12.9. The number of ether oxygens (including phenoxy) is 1. The smallest absolute Gasteiger partial charge is 0.223 e. The molecule has 0 N–H and O–H groups in total. The third kappa shape index (κ3) is 9.23. The Balaban J connectivity index is 3.39. The van der Waals surface area contributed by atoms with E-state index in [4.69, 9.17) is 4.74 Å². The molecule has 0 fully saturated rings. The van der Waals surface area contributed by atoms with Crippen LogP contribution in [0.3, 0.4) is 0 Å². The summed E-state index contributed by atoms with van der Waals surface area (Å²) < 4.78 is 5.54. The van der Waals surface area contributed by atoms with Crippen molar-refractivity contribution in [3.63, 3.8) is 0 Å². The fourth-order valence-corrected chi connectivity index (χ4v) is 1.86. The van der Waals surface area contributed by atoms with E-state index in [1.165, 1.54) is 32.1 Å². The lowest BCUT2D eigenvalue weighted by atomic mass is 10.1. The molecular formula is C15H29NO2. The predicted octanol–water partition coefficient (Wildman–Crippen LogP) is 3.75. The van der Waals surface area contributed by atoms with Gasteiger partial charge < -0.3 is 9.64 Å². The fourth-order valence-electron chi connectivity index (χ4n) is 1.86. The van der Waals surface area contributed by atoms with E-state index in [-0.39, 0.29) is 5.91 Å². The summed E-state index contributed by atoms with van der Waals surface area (Å²) in [6.45, 7) is 11.4. The first-order chi connectivity index (χ1) is 8.59. The number of hydrogen-bond donors (Lipinski definition) is 0. The van der Waals surface area contributed by atoms with Crippen LogP contribution < -0.4 is 0 Å². The van der Waals surface area contributed by atoms with Crippen LogP contribution in [0.2, 0.25) is 0 Å². The Kier molecular flexibility index (Phi) is 10.8. The van der Waals surface area contributed by atoms with Gasteiger partial charge in [-0.25, -0.2) is 0 Å². The van der Waals surface area contributed by atoms with E-state index in [1.54, 1.807) is 11.8 Å². The largest absolute Gasteiger partial charge is 0.380 e. The topological polar surface area (TPSA) is 29.5 Å². The molecule has 3 heteroatoms. The highest BCUT2D eigenvalue weighted by atomic mass is 16.5. The van der Waals surface area contributed by atoms with Gasteiger partial charge in [-0.15, -0.1) is 0 Å². The first-order valence-corrected chi connectivity index (χ1v) is 7.11. The maximum Gasteiger partial charge on any atom is 0.223 e. The van der Waals surface area contributed by atoms with Crippen molar-refractivity contribution in [1.82, 2.24) is 4.90 Å². The maximum atomic E-state index is 11.3. The van der Waals surface area contributed by atoms with Gasteiger partial charge in [-0.05, 0) is 13.3 Å². The minimum Gasteiger partial charge on any atom is -0.380 e. The van der Waals surface area contributed by atoms with Crippen molar-refractivity contribution in [2.45, 2.75) is 59.3 Å². The number of carbonyl (C=O) groups excluding carboxylic acids is 1. The fraction of sp³-hybridized carbons (Fsp3) is 0.800. The Labute approximate surface area is 112 Å². The monoisotopic (exact) mass is 255 g/mol. The Morgan fingerprint density at radius 1 is 1.06 bits per heavy atom. The van der Waals surface area contributed by atoms with Crippen LogP contribution in [0.5, 0.6) is 0 Å². The molecule has 0 saturated carbocycles. The van der Waals surface area contributed by atoms with Gasteiger partial charge in [0.15, 0.2) is 0 Å². The zero-order chi connectivity index (χ0) is 13.8. The molecular weight excluding hydrogens is 226 g/mol. The van der Waals surface area contributed by atoms with E-state index in [2.05, 4.69) is 13.5 Å². The SMILES string of the molecule is C=C(C)N(CCOCCCCCCCC)C(C)=O. The number of allylic oxidation sites excluding steroid dienone is 1. The Morgan fingerprint density at radius 3 is 2.22 bits per heavy atom. The standard InChI is InChI=1S/C15H29NO2/c1-5-6-7-8-9-10-12-18-13-11-16(14(2)3)15(4)17/h2,5-13H2,1,3-4H3. The lowest BCUT2D eigenvalue weighted by Gasteiger charge is -2.20. The normalized spacial score (nSPS) is 10.4. The van der Waals surface area contributed by atoms with Gasteiger partial charge in [0.2, 0.25) is 5.91 Å². The molecule has 106 valence electrons. The molecule has 0 aromatic rings. The summed E-state index contributed by atoms with van der Waals surface area (Å²) in [5.74, 6) is 0.0330. The van der Waals surface area contributed by atoms with Gasteiger partial charge in [-0.2, -0.15) is 0 Å². The summed E-state index contributed by atoms with van der Waals surface area (Å²) in [6, 6.07) is 0. The summed E-state index contributed by atoms with van der Waals surface area (Å²) in [7, 11) is 0. The maximum absolute atomic E-state index is 11.3. The highest BCUT2D eigenvalue weighted by Gasteiger charge is 2.07. The van der Waals surface area contributed by atoms with Crippen molar-refractivity contribution in [3.8, 4) is 0 Å². The predicted molar refractivity (Wildman–Crippen MR) is 76.4 cm³/mol. The summed E-state index contributed by atoms with van der Waals surface area (Å²) in [5, 5.41) is 0. The zero-order valence-corrected chi connectivity index (χ0v) is 12.3. The zero-order valence-electron chi connectivity index (χ0n) is 12.3. The molecule has 0 aliphatic carbocycles. The quantitative estimate of drug-likeness (QED) is 0.526. The summed E-state index contributed by atoms with van der Waals surface area (Å²) >= 11 is 0. The molecule has 3 nitrogen and oxygen atoms in total. The van der Waals surface area contributed by atoms with Crippen molar-refractivity contribution >= 4 is 5.91 Å². The van der Waals surface area contributed by atoms with Gasteiger partial charge in [-0.3, -0.25) is 4.79 Å². The molecule has 0 aliphatic heterocycles. The highest BCUT2D eigenvalue weighted by molar-refractivity contribution is 5.75. The summed E-state index contributed by atoms with van der Waals surface area (Å²) in [6.07, 6.45) is 7.64. The highest BCUT2D eigenvalue weighted by Crippen LogP contribution is 2.05. The number of nitrogens with zero attached hydrogens (tertiary/aromatic N) is 1. The molecule has 18 heavy (non-hydrogen) atoms. The molecule has 0 bridgehead atoms. The number of unbranched alkanes of at least 4 members (excludes halogenated alkanes) is 5. The number of carbonyl (C=O) groups is 1. The first kappa shape index (κ1) is 17.2. The van der Waals surface area contributed by atoms with Crippen molar-refractivity contribution in [3.05, 3.63) is 12.3 Å². The van der Waals surface area contributed by atoms with Gasteiger partial charge in [-0.1, -0.05) is 45.6 Å². The van der Waals surface area contributed by atoms with Gasteiger partial charge in [0.25, 0.3) is 0 Å². The van der Waals surface area contributed by atoms with Crippen molar-refractivity contribution in [2.24, 2.45) is 0 Å². The molecule has 0 rings (SSSR count). The van der Waals surface area contributed by atoms with Crippen LogP contribution in [0, 0.1) is 0 Å². The van der Waals surface area contributed by atoms with Gasteiger partial charge in [0, 0.05) is 25.8 Å². The van der Waals surface area contributed by atoms with Gasteiger partial charge in [0.1, 0.15) is 0 Å². The molecule has 0 unspecified atom stereocenters. The van der Waals surface area contributed by atoms with Crippen LogP contribution in [0.15, 0.2) is 12.3 Å². The molecule has 0 saturated heterocycles. The van der Waals surface area contributed by atoms with Crippen molar-refractivity contribution < 1.29 is 9.53 Å². The molecule has 0 aliphatic rings. The lowest BCUT2D eigenvalue weighted by molar-refractivity contribution is -0.127. The second-order valence-electron chi connectivity index (χ2n) is 4.79. The van der Waals surface area contributed by atoms with Crippen LogP contribution >= 0.6 is 0 Å². The molecule has 0 heterocycles. The molecule has 1 amide bonds. The van der Waals surface area contributed by atoms with Crippen LogP contribution in [0.1, 0.15) is 59.3 Å². The van der Waals surface area contributed by atoms with Crippen LogP contribution in [0.25, 0.3) is 0 Å². The summed E-state index contributed by atoms with van der Waals surface area (Å²) in [5.41, 5.74) is 0.783. The van der Waals surface area contributed by atoms with E-state index in [1.807, 2.05) is 6.92 Å². The average molecular weight is 255 g/mol. The number of hydrogen-bond acceptors (Lipinski definition) is 2. The van der Waals surface area contributed by atoms with Crippen molar-refractivity contribution in [2.75, 3.05) is 19.8 Å². The van der Waals surface area contributed by atoms with E-state index in [0.717, 1.165) is 18.7 Å². The molecule has 0 atom stereocenters. The van der Waals surface area contributed by atoms with E-state index in [9.17, 15) is 4.79 Å². The van der Waals surface area contributed by atoms with Gasteiger partial charge >= 0.3 is 0 Å². The van der Waals surface area contributed by atoms with Gasteiger partial charge in [0.05, 0.1) is 6.61 Å². The first-order valence-electron chi connectivity index (χ1n) is 7.11. The van der Waals surface area contributed by atoms with E-state index >= 15 is 0 Å². The third-order valence-corrected chi connectivity index (χ3v) is 2.94. The minimum atomic E-state index is 0.0330. The van der Waals surface area contributed by atoms with E-state index < -0.39 is 0 Å².